The summed E-state index contributed by atoms with van der Waals surface area (Å²) in [5.41, 5.74) is 7.63. The Labute approximate surface area is 125 Å². The molecule has 1 fully saturated rings. The van der Waals surface area contributed by atoms with Gasteiger partial charge in [0.15, 0.2) is 11.5 Å². The van der Waals surface area contributed by atoms with E-state index in [1.807, 2.05) is 12.1 Å². The van der Waals surface area contributed by atoms with Crippen LogP contribution in [-0.2, 0) is 0 Å². The van der Waals surface area contributed by atoms with Crippen molar-refractivity contribution in [3.05, 3.63) is 22.8 Å². The van der Waals surface area contributed by atoms with Crippen LogP contribution >= 0.6 is 15.9 Å². The molecule has 5 nitrogen and oxygen atoms in total. The van der Waals surface area contributed by atoms with Gasteiger partial charge in [0.25, 0.3) is 0 Å². The van der Waals surface area contributed by atoms with Crippen molar-refractivity contribution >= 4 is 21.7 Å². The number of methoxy groups -OCH3 is 1. The summed E-state index contributed by atoms with van der Waals surface area (Å²) in [6.07, 6.45) is 5.34. The van der Waals surface area contributed by atoms with Crippen molar-refractivity contribution in [2.75, 3.05) is 12.8 Å². The molecule has 0 radical (unpaired) electrons. The predicted molar refractivity (Wildman–Crippen MR) is 81.0 cm³/mol. The molecular weight excluding hydrogens is 322 g/mol. The van der Waals surface area contributed by atoms with Gasteiger partial charge in [0.1, 0.15) is 5.82 Å². The minimum absolute atomic E-state index is 0.261. The standard InChI is InChI=1S/C14H16BrN3O2/c1-19-12-6-8(15)5-10(11-7-17-18-14(11)16)13(12)20-9-3-2-4-9/h5-7,9H,2-4H2,1H3,(H3,16,17,18). The largest absolute Gasteiger partial charge is 0.493 e. The van der Waals surface area contributed by atoms with Crippen LogP contribution in [0.3, 0.4) is 0 Å². The second-order valence-electron chi connectivity index (χ2n) is 4.85. The Bertz CT molecular complexity index is 623. The second-order valence-corrected chi connectivity index (χ2v) is 5.77. The Kier molecular flexibility index (Phi) is 3.56. The molecule has 3 rings (SSSR count). The molecule has 0 aliphatic heterocycles. The fourth-order valence-electron chi connectivity index (χ4n) is 2.21. The number of aromatic amines is 1. The van der Waals surface area contributed by atoms with Gasteiger partial charge in [0.05, 0.1) is 19.4 Å². The molecule has 1 aromatic heterocycles. The number of H-pyrrole nitrogens is 1. The molecule has 6 heteroatoms. The third-order valence-electron chi connectivity index (χ3n) is 3.54. The van der Waals surface area contributed by atoms with Gasteiger partial charge >= 0.3 is 0 Å². The molecule has 106 valence electrons. The highest BCUT2D eigenvalue weighted by Crippen LogP contribution is 2.44. The maximum atomic E-state index is 6.09. The summed E-state index contributed by atoms with van der Waals surface area (Å²) in [7, 11) is 1.64. The highest BCUT2D eigenvalue weighted by molar-refractivity contribution is 9.10. The summed E-state index contributed by atoms with van der Waals surface area (Å²) in [5.74, 6) is 1.94. The summed E-state index contributed by atoms with van der Waals surface area (Å²) >= 11 is 3.49. The van der Waals surface area contributed by atoms with Crippen molar-refractivity contribution in [1.82, 2.24) is 10.2 Å². The molecule has 1 aliphatic carbocycles. The van der Waals surface area contributed by atoms with Gasteiger partial charge in [-0.05, 0) is 31.4 Å². The number of nitrogen functional groups attached to an aromatic ring is 1. The van der Waals surface area contributed by atoms with Crippen molar-refractivity contribution < 1.29 is 9.47 Å². The van der Waals surface area contributed by atoms with E-state index in [0.717, 1.165) is 34.2 Å². The van der Waals surface area contributed by atoms with Gasteiger partial charge in [0, 0.05) is 15.6 Å². The van der Waals surface area contributed by atoms with E-state index in [2.05, 4.69) is 26.1 Å². The van der Waals surface area contributed by atoms with E-state index >= 15 is 0 Å². The maximum Gasteiger partial charge on any atom is 0.169 e. The number of hydrogen-bond acceptors (Lipinski definition) is 4. The molecule has 0 bridgehead atoms. The Hall–Kier alpha value is -1.69. The molecule has 1 heterocycles. The quantitative estimate of drug-likeness (QED) is 0.897. The molecule has 0 atom stereocenters. The lowest BCUT2D eigenvalue weighted by molar-refractivity contribution is 0.117. The average molecular weight is 338 g/mol. The number of anilines is 1. The lowest BCUT2D eigenvalue weighted by Gasteiger charge is -2.28. The second kappa shape index (κ2) is 5.36. The number of nitrogens with one attached hydrogen (secondary N) is 1. The molecular formula is C14H16BrN3O2. The van der Waals surface area contributed by atoms with Crippen LogP contribution < -0.4 is 15.2 Å². The number of halogens is 1. The van der Waals surface area contributed by atoms with Crippen molar-refractivity contribution in [3.63, 3.8) is 0 Å². The van der Waals surface area contributed by atoms with Gasteiger partial charge < -0.3 is 15.2 Å². The van der Waals surface area contributed by atoms with Crippen molar-refractivity contribution in [1.29, 1.82) is 0 Å². The van der Waals surface area contributed by atoms with Gasteiger partial charge in [-0.1, -0.05) is 15.9 Å². The van der Waals surface area contributed by atoms with E-state index in [1.165, 1.54) is 6.42 Å². The van der Waals surface area contributed by atoms with Crippen molar-refractivity contribution in [2.24, 2.45) is 0 Å². The van der Waals surface area contributed by atoms with E-state index in [1.54, 1.807) is 13.3 Å². The first-order valence-corrected chi connectivity index (χ1v) is 7.31. The zero-order valence-electron chi connectivity index (χ0n) is 11.1. The number of benzene rings is 1. The molecule has 1 aliphatic rings. The monoisotopic (exact) mass is 337 g/mol. The van der Waals surface area contributed by atoms with Crippen LogP contribution in [-0.4, -0.2) is 23.4 Å². The highest BCUT2D eigenvalue weighted by Gasteiger charge is 2.24. The van der Waals surface area contributed by atoms with Crippen LogP contribution in [0.15, 0.2) is 22.8 Å². The molecule has 1 aromatic carbocycles. The maximum absolute atomic E-state index is 6.09. The van der Waals surface area contributed by atoms with Crippen LogP contribution in [0.4, 0.5) is 5.82 Å². The molecule has 3 N–H and O–H groups in total. The lowest BCUT2D eigenvalue weighted by Crippen LogP contribution is -2.25. The van der Waals surface area contributed by atoms with E-state index in [9.17, 15) is 0 Å². The third kappa shape index (κ3) is 2.35. The first-order valence-electron chi connectivity index (χ1n) is 6.52. The minimum Gasteiger partial charge on any atom is -0.493 e. The summed E-state index contributed by atoms with van der Waals surface area (Å²) in [6, 6.07) is 3.87. The number of rotatable bonds is 4. The van der Waals surface area contributed by atoms with Gasteiger partial charge in [0.2, 0.25) is 0 Å². The fraction of sp³-hybridized carbons (Fsp3) is 0.357. The normalized spacial score (nSPS) is 14.9. The molecule has 0 spiro atoms. The summed E-state index contributed by atoms with van der Waals surface area (Å²) < 4.78 is 12.5. The average Bonchev–Trinajstić information content (AvgIpc) is 2.80. The summed E-state index contributed by atoms with van der Waals surface area (Å²) in [6.45, 7) is 0. The molecule has 0 saturated heterocycles. The topological polar surface area (TPSA) is 73.2 Å². The lowest BCUT2D eigenvalue weighted by atomic mass is 9.96. The first-order chi connectivity index (χ1) is 9.69. The SMILES string of the molecule is COc1cc(Br)cc(-c2cn[nH]c2N)c1OC1CCC1. The Morgan fingerprint density at radius 1 is 1.35 bits per heavy atom. The van der Waals surface area contributed by atoms with E-state index in [-0.39, 0.29) is 6.10 Å². The molecule has 2 aromatic rings. The van der Waals surface area contributed by atoms with Gasteiger partial charge in [-0.3, -0.25) is 5.10 Å². The molecule has 0 amide bonds. The Morgan fingerprint density at radius 2 is 2.15 bits per heavy atom. The number of ether oxygens (including phenoxy) is 2. The zero-order valence-corrected chi connectivity index (χ0v) is 12.7. The highest BCUT2D eigenvalue weighted by atomic mass is 79.9. The van der Waals surface area contributed by atoms with Crippen LogP contribution in [0.1, 0.15) is 19.3 Å². The van der Waals surface area contributed by atoms with E-state index < -0.39 is 0 Å². The van der Waals surface area contributed by atoms with Crippen LogP contribution in [0.25, 0.3) is 11.1 Å². The zero-order chi connectivity index (χ0) is 14.1. The third-order valence-corrected chi connectivity index (χ3v) is 3.99. The van der Waals surface area contributed by atoms with E-state index in [0.29, 0.717) is 11.6 Å². The number of nitrogens with zero attached hydrogens (tertiary/aromatic N) is 1. The fourth-order valence-corrected chi connectivity index (χ4v) is 2.64. The molecule has 20 heavy (non-hydrogen) atoms. The van der Waals surface area contributed by atoms with Crippen molar-refractivity contribution in [3.8, 4) is 22.6 Å². The Balaban J connectivity index is 2.10. The Morgan fingerprint density at radius 3 is 2.70 bits per heavy atom. The van der Waals surface area contributed by atoms with Gasteiger partial charge in [-0.15, -0.1) is 0 Å². The van der Waals surface area contributed by atoms with Crippen molar-refractivity contribution in [2.45, 2.75) is 25.4 Å². The van der Waals surface area contributed by atoms with E-state index in [4.69, 9.17) is 15.2 Å². The van der Waals surface area contributed by atoms with Gasteiger partial charge in [-0.25, -0.2) is 0 Å². The van der Waals surface area contributed by atoms with Crippen LogP contribution in [0.5, 0.6) is 11.5 Å². The number of hydrogen-bond donors (Lipinski definition) is 2. The molecule has 0 unspecified atom stereocenters. The number of nitrogens with two attached hydrogens (primary N) is 1. The number of aromatic nitrogens is 2. The van der Waals surface area contributed by atoms with Crippen LogP contribution in [0, 0.1) is 0 Å². The summed E-state index contributed by atoms with van der Waals surface area (Å²) in [4.78, 5) is 0. The first kappa shape index (κ1) is 13.3. The van der Waals surface area contributed by atoms with Crippen LogP contribution in [0.2, 0.25) is 0 Å². The summed E-state index contributed by atoms with van der Waals surface area (Å²) in [5, 5.41) is 6.72. The predicted octanol–water partition coefficient (Wildman–Crippen LogP) is 3.36. The van der Waals surface area contributed by atoms with Gasteiger partial charge in [-0.2, -0.15) is 5.10 Å². The molecule has 1 saturated carbocycles. The minimum atomic E-state index is 0.261. The smallest absolute Gasteiger partial charge is 0.169 e.